The van der Waals surface area contributed by atoms with Crippen LogP contribution < -0.4 is 5.73 Å². The molecule has 0 fully saturated rings. The fourth-order valence-electron chi connectivity index (χ4n) is 0.892. The Balaban J connectivity index is 2.65. The maximum absolute atomic E-state index is 12.0. The van der Waals surface area contributed by atoms with Crippen molar-refractivity contribution in [2.45, 2.75) is 31.8 Å². The second-order valence-electron chi connectivity index (χ2n) is 3.21. The first-order chi connectivity index (χ1) is 6.80. The minimum absolute atomic E-state index is 0.379. The maximum Gasteiger partial charge on any atom is 0.416 e. The Morgan fingerprint density at radius 1 is 1.60 bits per heavy atom. The first-order valence-corrected chi connectivity index (χ1v) is 4.21. The highest BCUT2D eigenvalue weighted by Crippen LogP contribution is 2.21. The molecule has 0 aliphatic heterocycles. The maximum atomic E-state index is 12.0. The van der Waals surface area contributed by atoms with Crippen LogP contribution in [0.25, 0.3) is 0 Å². The highest BCUT2D eigenvalue weighted by Gasteiger charge is 2.38. The van der Waals surface area contributed by atoms with Gasteiger partial charge >= 0.3 is 6.18 Å². The Hall–Kier alpha value is -1.15. The summed E-state index contributed by atoms with van der Waals surface area (Å²) in [5, 5.41) is 15.7. The molecule has 1 aromatic rings. The Bertz CT molecular complexity index is 322. The van der Waals surface area contributed by atoms with Gasteiger partial charge in [0.2, 0.25) is 0 Å². The zero-order chi connectivity index (χ0) is 11.6. The molecule has 1 aromatic heterocycles. The minimum Gasteiger partial charge on any atom is -0.382 e. The lowest BCUT2D eigenvalue weighted by molar-refractivity contribution is -0.208. The molecule has 0 saturated heterocycles. The van der Waals surface area contributed by atoms with Crippen molar-refractivity contribution in [3.63, 3.8) is 0 Å². The summed E-state index contributed by atoms with van der Waals surface area (Å²) in [5.74, 6) is 0. The van der Waals surface area contributed by atoms with E-state index in [0.29, 0.717) is 5.69 Å². The van der Waals surface area contributed by atoms with Crippen LogP contribution in [-0.2, 0) is 6.54 Å². The molecule has 1 heterocycles. The summed E-state index contributed by atoms with van der Waals surface area (Å²) in [4.78, 5) is 0. The van der Waals surface area contributed by atoms with E-state index in [9.17, 15) is 13.2 Å². The molecule has 86 valence electrons. The zero-order valence-corrected chi connectivity index (χ0v) is 7.94. The van der Waals surface area contributed by atoms with Gasteiger partial charge in [0.25, 0.3) is 0 Å². The van der Waals surface area contributed by atoms with E-state index < -0.39 is 24.9 Å². The molecule has 2 atom stereocenters. The molecule has 5 nitrogen and oxygen atoms in total. The third-order valence-corrected chi connectivity index (χ3v) is 1.76. The molecule has 0 spiro atoms. The average molecular weight is 224 g/mol. The molecule has 0 amide bonds. The topological polar surface area (TPSA) is 77.0 Å². The molecular weight excluding hydrogens is 213 g/mol. The van der Waals surface area contributed by atoms with Gasteiger partial charge in [0.05, 0.1) is 18.4 Å². The number of rotatable bonds is 3. The fourth-order valence-corrected chi connectivity index (χ4v) is 0.892. The number of alkyl halides is 3. The van der Waals surface area contributed by atoms with Crippen LogP contribution in [0.2, 0.25) is 0 Å². The third kappa shape index (κ3) is 3.17. The van der Waals surface area contributed by atoms with E-state index in [1.807, 2.05) is 0 Å². The molecule has 8 heteroatoms. The second kappa shape index (κ2) is 4.15. The lowest BCUT2D eigenvalue weighted by atomic mass is 10.3. The monoisotopic (exact) mass is 224 g/mol. The van der Waals surface area contributed by atoms with E-state index in [1.54, 1.807) is 6.92 Å². The Morgan fingerprint density at radius 3 is 2.60 bits per heavy atom. The number of aromatic nitrogens is 3. The number of hydrogen-bond donors (Lipinski definition) is 2. The van der Waals surface area contributed by atoms with Crippen LogP contribution >= 0.6 is 0 Å². The van der Waals surface area contributed by atoms with Crippen LogP contribution in [0.5, 0.6) is 0 Å². The van der Waals surface area contributed by atoms with Crippen LogP contribution in [0.1, 0.15) is 18.7 Å². The first-order valence-electron chi connectivity index (χ1n) is 4.21. The second-order valence-corrected chi connectivity index (χ2v) is 3.21. The van der Waals surface area contributed by atoms with Gasteiger partial charge < -0.3 is 10.8 Å². The molecule has 0 bridgehead atoms. The zero-order valence-electron chi connectivity index (χ0n) is 7.94. The summed E-state index contributed by atoms with van der Waals surface area (Å²) in [6, 6.07) is -0.401. The van der Waals surface area contributed by atoms with Crippen LogP contribution in [0.4, 0.5) is 13.2 Å². The van der Waals surface area contributed by atoms with Gasteiger partial charge in [-0.05, 0) is 6.92 Å². The molecule has 0 radical (unpaired) electrons. The smallest absolute Gasteiger partial charge is 0.382 e. The number of nitrogens with two attached hydrogens (primary N) is 1. The molecule has 3 N–H and O–H groups in total. The Morgan fingerprint density at radius 2 is 2.20 bits per heavy atom. The largest absolute Gasteiger partial charge is 0.416 e. The van der Waals surface area contributed by atoms with Gasteiger partial charge in [0.15, 0.2) is 6.10 Å². The molecule has 2 unspecified atom stereocenters. The van der Waals surface area contributed by atoms with Crippen LogP contribution in [-0.4, -0.2) is 32.4 Å². The normalized spacial score (nSPS) is 16.4. The summed E-state index contributed by atoms with van der Waals surface area (Å²) >= 11 is 0. The van der Waals surface area contributed by atoms with Gasteiger partial charge in [-0.15, -0.1) is 5.10 Å². The Labute approximate surface area is 83.7 Å². The van der Waals surface area contributed by atoms with Gasteiger partial charge in [-0.3, -0.25) is 0 Å². The highest BCUT2D eigenvalue weighted by molar-refractivity contribution is 4.97. The third-order valence-electron chi connectivity index (χ3n) is 1.76. The fraction of sp³-hybridized carbons (Fsp3) is 0.714. The molecule has 15 heavy (non-hydrogen) atoms. The van der Waals surface area contributed by atoms with E-state index in [1.165, 1.54) is 6.20 Å². The minimum atomic E-state index is -4.65. The summed E-state index contributed by atoms with van der Waals surface area (Å²) < 4.78 is 36.8. The Kier molecular flexibility index (Phi) is 3.30. The number of aliphatic hydroxyl groups is 1. The van der Waals surface area contributed by atoms with Crippen molar-refractivity contribution in [1.82, 2.24) is 15.0 Å². The van der Waals surface area contributed by atoms with Crippen LogP contribution in [0.15, 0.2) is 6.20 Å². The number of aliphatic hydroxyl groups excluding tert-OH is 1. The summed E-state index contributed by atoms with van der Waals surface area (Å²) in [5.41, 5.74) is 5.82. The SMILES string of the molecule is CC(N)c1cn(CC(O)C(F)(F)F)nn1. The summed E-state index contributed by atoms with van der Waals surface area (Å²) in [7, 11) is 0. The van der Waals surface area contributed by atoms with E-state index >= 15 is 0 Å². The van der Waals surface area contributed by atoms with Crippen LogP contribution in [0.3, 0.4) is 0 Å². The van der Waals surface area contributed by atoms with Crippen LogP contribution in [0, 0.1) is 0 Å². The van der Waals surface area contributed by atoms with E-state index in [0.717, 1.165) is 4.68 Å². The van der Waals surface area contributed by atoms with Crippen molar-refractivity contribution in [2.75, 3.05) is 0 Å². The van der Waals surface area contributed by atoms with Crippen molar-refractivity contribution in [1.29, 1.82) is 0 Å². The van der Waals surface area contributed by atoms with Gasteiger partial charge in [0, 0.05) is 6.04 Å². The number of hydrogen-bond acceptors (Lipinski definition) is 4. The average Bonchev–Trinajstić information content (AvgIpc) is 2.50. The molecule has 1 rings (SSSR count). The van der Waals surface area contributed by atoms with Gasteiger partial charge in [-0.25, -0.2) is 4.68 Å². The quantitative estimate of drug-likeness (QED) is 0.770. The number of nitrogens with zero attached hydrogens (tertiary/aromatic N) is 3. The molecule has 0 saturated carbocycles. The standard InChI is InChI=1S/C7H11F3N4O/c1-4(11)5-2-14(13-12-5)3-6(15)7(8,9)10/h2,4,6,15H,3,11H2,1H3. The van der Waals surface area contributed by atoms with Gasteiger partial charge in [-0.2, -0.15) is 13.2 Å². The van der Waals surface area contributed by atoms with E-state index in [-0.39, 0.29) is 0 Å². The predicted octanol–water partition coefficient (Wildman–Crippen LogP) is 0.221. The molecule has 0 aliphatic rings. The van der Waals surface area contributed by atoms with Crippen molar-refractivity contribution >= 4 is 0 Å². The number of halogens is 3. The van der Waals surface area contributed by atoms with Crippen molar-refractivity contribution < 1.29 is 18.3 Å². The predicted molar refractivity (Wildman–Crippen MR) is 44.7 cm³/mol. The van der Waals surface area contributed by atoms with Crippen molar-refractivity contribution in [3.8, 4) is 0 Å². The summed E-state index contributed by atoms with van der Waals surface area (Å²) in [6.45, 7) is 0.956. The molecular formula is C7H11F3N4O. The van der Waals surface area contributed by atoms with Gasteiger partial charge in [0.1, 0.15) is 0 Å². The van der Waals surface area contributed by atoms with E-state index in [2.05, 4.69) is 10.3 Å². The van der Waals surface area contributed by atoms with Gasteiger partial charge in [-0.1, -0.05) is 5.21 Å². The summed E-state index contributed by atoms with van der Waals surface area (Å²) in [6.07, 6.45) is -5.82. The lowest BCUT2D eigenvalue weighted by Gasteiger charge is -2.13. The van der Waals surface area contributed by atoms with Crippen molar-refractivity contribution in [2.24, 2.45) is 5.73 Å². The highest BCUT2D eigenvalue weighted by atomic mass is 19.4. The lowest BCUT2D eigenvalue weighted by Crippen LogP contribution is -2.33. The van der Waals surface area contributed by atoms with E-state index in [4.69, 9.17) is 10.8 Å². The van der Waals surface area contributed by atoms with Crippen molar-refractivity contribution in [3.05, 3.63) is 11.9 Å². The molecule has 0 aliphatic carbocycles. The first kappa shape index (κ1) is 11.9. The molecule has 0 aromatic carbocycles.